The van der Waals surface area contributed by atoms with E-state index in [0.717, 1.165) is 0 Å². The molecule has 0 aliphatic rings. The highest BCUT2D eigenvalue weighted by molar-refractivity contribution is 6.22. The van der Waals surface area contributed by atoms with E-state index in [1.807, 2.05) is 0 Å². The topological polar surface area (TPSA) is 4.93 Å². The first-order valence-electron chi connectivity index (χ1n) is 15.3. The van der Waals surface area contributed by atoms with Crippen molar-refractivity contribution in [2.75, 3.05) is 0 Å². The zero-order chi connectivity index (χ0) is 29.2. The Kier molecular flexibility index (Phi) is 5.48. The van der Waals surface area contributed by atoms with Crippen LogP contribution in [-0.4, -0.2) is 4.57 Å². The molecular weight excluding hydrogens is 530 g/mol. The minimum absolute atomic E-state index is 1.23. The Bertz CT molecular complexity index is 2490. The number of hydrogen-bond donors (Lipinski definition) is 0. The average Bonchev–Trinajstić information content (AvgIpc) is 3.38. The summed E-state index contributed by atoms with van der Waals surface area (Å²) in [5.41, 5.74) is 10.0. The summed E-state index contributed by atoms with van der Waals surface area (Å²) in [4.78, 5) is 0. The van der Waals surface area contributed by atoms with Crippen molar-refractivity contribution in [2.24, 2.45) is 7.05 Å². The molecule has 1 heteroatoms. The highest BCUT2D eigenvalue weighted by Gasteiger charge is 2.18. The molecule has 9 rings (SSSR count). The summed E-state index contributed by atoms with van der Waals surface area (Å²) in [6.45, 7) is 0. The van der Waals surface area contributed by atoms with Crippen LogP contribution in [0.1, 0.15) is 0 Å². The Morgan fingerprint density at radius 3 is 1.48 bits per heavy atom. The van der Waals surface area contributed by atoms with E-state index in [1.54, 1.807) is 0 Å². The molecule has 8 aromatic carbocycles. The molecule has 0 saturated heterocycles. The lowest BCUT2D eigenvalue weighted by molar-refractivity contribution is 1.01. The van der Waals surface area contributed by atoms with E-state index in [-0.39, 0.29) is 0 Å². The fourth-order valence-electron chi connectivity index (χ4n) is 7.26. The Morgan fingerprint density at radius 1 is 0.318 bits per heavy atom. The van der Waals surface area contributed by atoms with Gasteiger partial charge in [-0.25, -0.2) is 0 Å². The normalized spacial score (nSPS) is 11.8. The molecule has 9 aromatic rings. The summed E-state index contributed by atoms with van der Waals surface area (Å²) >= 11 is 0. The molecule has 0 radical (unpaired) electrons. The largest absolute Gasteiger partial charge is 0.344 e. The highest BCUT2D eigenvalue weighted by Crippen LogP contribution is 2.44. The van der Waals surface area contributed by atoms with Crippen LogP contribution in [0, 0.1) is 0 Å². The van der Waals surface area contributed by atoms with Crippen molar-refractivity contribution >= 4 is 54.1 Å². The quantitative estimate of drug-likeness (QED) is 0.190. The number of rotatable bonds is 3. The van der Waals surface area contributed by atoms with E-state index in [0.29, 0.717) is 0 Å². The van der Waals surface area contributed by atoms with E-state index in [4.69, 9.17) is 0 Å². The first-order valence-corrected chi connectivity index (χ1v) is 15.3. The summed E-state index contributed by atoms with van der Waals surface area (Å²) in [6, 6.07) is 57.9. The smallest absolute Gasteiger partial charge is 0.0494 e. The first kappa shape index (κ1) is 24.9. The molecular formula is C43H29N. The molecule has 0 amide bonds. The van der Waals surface area contributed by atoms with Crippen LogP contribution < -0.4 is 0 Å². The molecule has 206 valence electrons. The minimum atomic E-state index is 1.23. The van der Waals surface area contributed by atoms with E-state index < -0.39 is 0 Å². The molecule has 1 heterocycles. The molecule has 0 aliphatic heterocycles. The maximum atomic E-state index is 2.38. The SMILES string of the molecule is Cn1c2ccccc2c2ccc(-c3c4ccccc4c(-c4ccc(-c5ccc6ccccc6c5)cc4)c4ccccc34)cc21. The number of aryl methyl sites for hydroxylation is 1. The first-order chi connectivity index (χ1) is 21.7. The van der Waals surface area contributed by atoms with Gasteiger partial charge < -0.3 is 4.57 Å². The lowest BCUT2D eigenvalue weighted by Gasteiger charge is -2.18. The Balaban J connectivity index is 1.25. The number of fused-ring (bicyclic) bond motifs is 6. The fraction of sp³-hybridized carbons (Fsp3) is 0.0233. The average molecular weight is 560 g/mol. The van der Waals surface area contributed by atoms with Crippen molar-refractivity contribution in [3.8, 4) is 33.4 Å². The van der Waals surface area contributed by atoms with Crippen molar-refractivity contribution in [3.05, 3.63) is 158 Å². The van der Waals surface area contributed by atoms with Gasteiger partial charge in [-0.3, -0.25) is 0 Å². The molecule has 1 aromatic heterocycles. The monoisotopic (exact) mass is 559 g/mol. The summed E-state index contributed by atoms with van der Waals surface area (Å²) in [5.74, 6) is 0. The molecule has 1 nitrogen and oxygen atoms in total. The third-order valence-electron chi connectivity index (χ3n) is 9.39. The van der Waals surface area contributed by atoms with Gasteiger partial charge in [0.25, 0.3) is 0 Å². The van der Waals surface area contributed by atoms with Gasteiger partial charge in [-0.2, -0.15) is 0 Å². The Morgan fingerprint density at radius 2 is 0.795 bits per heavy atom. The lowest BCUT2D eigenvalue weighted by atomic mass is 9.85. The van der Waals surface area contributed by atoms with Crippen molar-refractivity contribution in [2.45, 2.75) is 0 Å². The lowest BCUT2D eigenvalue weighted by Crippen LogP contribution is -1.92. The number of nitrogens with zero attached hydrogens (tertiary/aromatic N) is 1. The second-order valence-corrected chi connectivity index (χ2v) is 11.8. The zero-order valence-corrected chi connectivity index (χ0v) is 24.5. The van der Waals surface area contributed by atoms with E-state index in [9.17, 15) is 0 Å². The molecule has 0 atom stereocenters. The van der Waals surface area contributed by atoms with Crippen molar-refractivity contribution in [1.29, 1.82) is 0 Å². The summed E-state index contributed by atoms with van der Waals surface area (Å²) in [7, 11) is 2.18. The molecule has 0 bridgehead atoms. The summed E-state index contributed by atoms with van der Waals surface area (Å²) in [5, 5.41) is 10.2. The Labute approximate surface area is 256 Å². The molecule has 0 saturated carbocycles. The van der Waals surface area contributed by atoms with E-state index in [1.165, 1.54) is 87.5 Å². The van der Waals surface area contributed by atoms with E-state index in [2.05, 4.69) is 169 Å². The predicted molar refractivity (Wildman–Crippen MR) is 189 cm³/mol. The molecule has 0 fully saturated rings. The summed E-state index contributed by atoms with van der Waals surface area (Å²) in [6.07, 6.45) is 0. The van der Waals surface area contributed by atoms with Gasteiger partial charge in [-0.1, -0.05) is 140 Å². The molecule has 0 aliphatic carbocycles. The van der Waals surface area contributed by atoms with Crippen LogP contribution in [0.4, 0.5) is 0 Å². The standard InChI is InChI=1S/C43H29N/c1-44-40-17-9-8-12-34(40)35-25-24-33(27-41(35)44)43-38-15-6-4-13-36(38)42(37-14-5-7-16-39(37)43)30-21-18-29(19-22-30)32-23-20-28-10-2-3-11-31(28)26-32/h2-27H,1H3. The van der Waals surface area contributed by atoms with Crippen LogP contribution in [0.5, 0.6) is 0 Å². The molecule has 0 N–H and O–H groups in total. The number of para-hydroxylation sites is 1. The van der Waals surface area contributed by atoms with E-state index >= 15 is 0 Å². The van der Waals surface area contributed by atoms with Gasteiger partial charge in [0.2, 0.25) is 0 Å². The fourth-order valence-corrected chi connectivity index (χ4v) is 7.26. The van der Waals surface area contributed by atoms with Crippen molar-refractivity contribution < 1.29 is 0 Å². The predicted octanol–water partition coefficient (Wildman–Crippen LogP) is 11.8. The van der Waals surface area contributed by atoms with Gasteiger partial charge in [0.1, 0.15) is 0 Å². The highest BCUT2D eigenvalue weighted by atomic mass is 14.9. The third-order valence-corrected chi connectivity index (χ3v) is 9.39. The van der Waals surface area contributed by atoms with Crippen LogP contribution in [0.3, 0.4) is 0 Å². The number of benzene rings is 8. The second kappa shape index (κ2) is 9.69. The van der Waals surface area contributed by atoms with Crippen LogP contribution >= 0.6 is 0 Å². The Hall–Kier alpha value is -5.66. The van der Waals surface area contributed by atoms with Crippen LogP contribution in [0.2, 0.25) is 0 Å². The van der Waals surface area contributed by atoms with Gasteiger partial charge in [0.05, 0.1) is 0 Å². The van der Waals surface area contributed by atoms with Gasteiger partial charge in [-0.15, -0.1) is 0 Å². The third kappa shape index (κ3) is 3.73. The van der Waals surface area contributed by atoms with Crippen LogP contribution in [0.25, 0.3) is 87.5 Å². The number of hydrogen-bond acceptors (Lipinski definition) is 0. The minimum Gasteiger partial charge on any atom is -0.344 e. The van der Waals surface area contributed by atoms with Crippen LogP contribution in [0.15, 0.2) is 158 Å². The maximum absolute atomic E-state index is 2.38. The van der Waals surface area contributed by atoms with Crippen molar-refractivity contribution in [3.63, 3.8) is 0 Å². The van der Waals surface area contributed by atoms with Gasteiger partial charge >= 0.3 is 0 Å². The second-order valence-electron chi connectivity index (χ2n) is 11.8. The summed E-state index contributed by atoms with van der Waals surface area (Å²) < 4.78 is 2.32. The van der Waals surface area contributed by atoms with Crippen LogP contribution in [-0.2, 0) is 7.05 Å². The molecule has 0 unspecified atom stereocenters. The van der Waals surface area contributed by atoms with Gasteiger partial charge in [0.15, 0.2) is 0 Å². The van der Waals surface area contributed by atoms with Crippen molar-refractivity contribution in [1.82, 2.24) is 4.57 Å². The maximum Gasteiger partial charge on any atom is 0.0494 e. The molecule has 0 spiro atoms. The zero-order valence-electron chi connectivity index (χ0n) is 24.5. The molecule has 44 heavy (non-hydrogen) atoms. The number of aromatic nitrogens is 1. The van der Waals surface area contributed by atoms with Gasteiger partial charge in [0, 0.05) is 28.9 Å². The van der Waals surface area contributed by atoms with Gasteiger partial charge in [-0.05, 0) is 83.9 Å².